The van der Waals surface area contributed by atoms with Crippen molar-refractivity contribution in [3.05, 3.63) is 53.2 Å². The third-order valence-corrected chi connectivity index (χ3v) is 6.05. The average molecular weight is 501 g/mol. The molecule has 1 aliphatic heterocycles. The van der Waals surface area contributed by atoms with Crippen LogP contribution >= 0.6 is 0 Å². The van der Waals surface area contributed by atoms with E-state index in [0.29, 0.717) is 37.4 Å². The van der Waals surface area contributed by atoms with Crippen LogP contribution in [0.1, 0.15) is 30.5 Å². The number of nitrogens with one attached hydrogen (secondary N) is 2. The van der Waals surface area contributed by atoms with E-state index in [1.54, 1.807) is 0 Å². The Labute approximate surface area is 193 Å². The quantitative estimate of drug-likeness (QED) is 0.436. The van der Waals surface area contributed by atoms with Crippen LogP contribution in [0.4, 0.5) is 32.0 Å². The summed E-state index contributed by atoms with van der Waals surface area (Å²) in [4.78, 5) is 32.1. The molecule has 1 saturated carbocycles. The second-order valence-electron chi connectivity index (χ2n) is 8.11. The lowest BCUT2D eigenvalue weighted by atomic mass is 9.72. The van der Waals surface area contributed by atoms with Crippen molar-refractivity contribution >= 4 is 17.5 Å². The number of carbonyl (C=O) groups is 2. The van der Waals surface area contributed by atoms with E-state index in [-0.39, 0.29) is 5.69 Å². The van der Waals surface area contributed by atoms with Crippen LogP contribution in [-0.4, -0.2) is 44.5 Å². The molecule has 1 aliphatic carbocycles. The first-order chi connectivity index (χ1) is 16.2. The molecule has 1 spiro atoms. The number of benzene rings is 1. The summed E-state index contributed by atoms with van der Waals surface area (Å²) in [6.07, 6.45) is -7.61. The van der Waals surface area contributed by atoms with Gasteiger partial charge in [0.1, 0.15) is 23.4 Å². The highest BCUT2D eigenvalue weighted by Gasteiger charge is 2.51. The number of amides is 2. The lowest BCUT2D eigenvalue weighted by molar-refractivity contribution is -0.141. The number of hydrogen-bond acceptors (Lipinski definition) is 6. The average Bonchev–Trinajstić information content (AvgIpc) is 2.71. The Morgan fingerprint density at radius 1 is 1.11 bits per heavy atom. The van der Waals surface area contributed by atoms with Crippen LogP contribution in [0.15, 0.2) is 41.9 Å². The Bertz CT molecular complexity index is 1240. The number of carbonyl (C=O) groups excluding carboxylic acids is 2. The van der Waals surface area contributed by atoms with Gasteiger partial charge >= 0.3 is 12.4 Å². The van der Waals surface area contributed by atoms with Crippen molar-refractivity contribution < 1.29 is 41.0 Å². The molecule has 0 atom stereocenters. The fraction of sp³-hybridized carbons (Fsp3) is 0.333. The van der Waals surface area contributed by atoms with Gasteiger partial charge < -0.3 is 10.4 Å². The third-order valence-electron chi connectivity index (χ3n) is 6.05. The van der Waals surface area contributed by atoms with Crippen molar-refractivity contribution in [2.45, 2.75) is 37.2 Å². The predicted molar refractivity (Wildman–Crippen MR) is 108 cm³/mol. The molecule has 0 unspecified atom stereocenters. The van der Waals surface area contributed by atoms with Crippen LogP contribution < -0.4 is 10.7 Å². The molecule has 0 radical (unpaired) electrons. The lowest BCUT2D eigenvalue weighted by Gasteiger charge is -2.50. The van der Waals surface area contributed by atoms with Gasteiger partial charge in [-0.25, -0.2) is 15.0 Å². The van der Waals surface area contributed by atoms with Gasteiger partial charge in [-0.1, -0.05) is 0 Å². The van der Waals surface area contributed by atoms with Crippen LogP contribution in [0, 0.1) is 0 Å². The van der Waals surface area contributed by atoms with Gasteiger partial charge in [-0.05, 0) is 43.5 Å². The summed E-state index contributed by atoms with van der Waals surface area (Å²) < 4.78 is 79.3. The minimum atomic E-state index is -4.90. The van der Waals surface area contributed by atoms with Crippen LogP contribution in [0.5, 0.6) is 0 Å². The minimum absolute atomic E-state index is 0.357. The molecule has 1 fully saturated rings. The molecule has 2 heterocycles. The highest BCUT2D eigenvalue weighted by molar-refractivity contribution is 6.24. The van der Waals surface area contributed by atoms with E-state index in [2.05, 4.69) is 20.7 Å². The highest BCUT2D eigenvalue weighted by atomic mass is 19.4. The van der Waals surface area contributed by atoms with Gasteiger partial charge in [-0.2, -0.15) is 26.3 Å². The Kier molecular flexibility index (Phi) is 5.74. The van der Waals surface area contributed by atoms with Crippen molar-refractivity contribution in [1.82, 2.24) is 20.4 Å². The zero-order valence-corrected chi connectivity index (χ0v) is 17.9. The summed E-state index contributed by atoms with van der Waals surface area (Å²) in [7, 11) is 1.52. The fourth-order valence-corrected chi connectivity index (χ4v) is 3.99. The molecule has 4 rings (SSSR count). The molecule has 1 aromatic carbocycles. The molecule has 0 bridgehead atoms. The molecule has 1 aromatic heterocycles. The first kappa shape index (κ1) is 24.4. The fourth-order valence-electron chi connectivity index (χ4n) is 3.99. The lowest BCUT2D eigenvalue weighted by Crippen LogP contribution is -2.64. The smallest absolute Gasteiger partial charge is 0.433 e. The zero-order valence-electron chi connectivity index (χ0n) is 17.9. The first-order valence-electron chi connectivity index (χ1n) is 10.1. The van der Waals surface area contributed by atoms with Crippen LogP contribution in [0.2, 0.25) is 0 Å². The predicted octanol–water partition coefficient (Wildman–Crippen LogP) is 3.83. The second kappa shape index (κ2) is 8.22. The first-order valence-corrected chi connectivity index (χ1v) is 10.1. The molecule has 2 aromatic rings. The van der Waals surface area contributed by atoms with Crippen molar-refractivity contribution in [1.29, 1.82) is 0 Å². The van der Waals surface area contributed by atoms with Crippen molar-refractivity contribution in [3.8, 4) is 11.3 Å². The summed E-state index contributed by atoms with van der Waals surface area (Å²) in [5.41, 5.74) is -3.20. The Balaban J connectivity index is 1.78. The number of hydrogen-bond donors (Lipinski definition) is 3. The molecule has 8 nitrogen and oxygen atoms in total. The third kappa shape index (κ3) is 4.29. The molecular weight excluding hydrogens is 484 g/mol. The zero-order chi connectivity index (χ0) is 25.8. The monoisotopic (exact) mass is 501 g/mol. The van der Waals surface area contributed by atoms with Gasteiger partial charge in [0.2, 0.25) is 0 Å². The van der Waals surface area contributed by atoms with E-state index in [4.69, 9.17) is 0 Å². The van der Waals surface area contributed by atoms with Crippen LogP contribution in [-0.2, 0) is 21.9 Å². The number of likely N-dealkylation sites (N-methyl/N-ethyl adjacent to an activating group) is 1. The molecule has 14 heteroatoms. The minimum Gasteiger partial charge on any atom is -0.509 e. The number of anilines is 1. The molecular formula is C21H17F6N5O3. The van der Waals surface area contributed by atoms with Gasteiger partial charge in [-0.15, -0.1) is 0 Å². The summed E-state index contributed by atoms with van der Waals surface area (Å²) in [6.45, 7) is 0. The number of rotatable bonds is 3. The SMILES string of the molecule is CN1NC(=O)C(C(=O)Nc2ccc(C(F)(F)F)cc2-c2cc(C(F)(F)F)ncn2)=C(O)C12CCC2. The maximum Gasteiger partial charge on any atom is 0.433 e. The number of alkyl halides is 6. The van der Waals surface area contributed by atoms with E-state index >= 15 is 0 Å². The standard InChI is InChI=1S/C21H17F6N5O3/c1-32-19(5-2-6-19)16(33)15(18(35)31-32)17(34)30-12-4-3-10(20(22,23)24)7-11(12)13-8-14(21(25,26)27)29-9-28-13/h3-4,7-9,33H,2,5-6H2,1H3,(H,30,34)(H,31,35). The molecule has 3 N–H and O–H groups in total. The Morgan fingerprint density at radius 2 is 1.80 bits per heavy atom. The molecule has 0 saturated heterocycles. The van der Waals surface area contributed by atoms with Gasteiger partial charge in [0, 0.05) is 12.6 Å². The summed E-state index contributed by atoms with van der Waals surface area (Å²) in [6, 6.07) is 2.40. The number of aromatic nitrogens is 2. The van der Waals surface area contributed by atoms with Gasteiger partial charge in [0.25, 0.3) is 11.8 Å². The normalized spacial score (nSPS) is 18.3. The van der Waals surface area contributed by atoms with Crippen molar-refractivity contribution in [3.63, 3.8) is 0 Å². The number of hydrazine groups is 1. The number of nitrogens with zero attached hydrogens (tertiary/aromatic N) is 3. The van der Waals surface area contributed by atoms with E-state index in [9.17, 15) is 41.0 Å². The van der Waals surface area contributed by atoms with Crippen LogP contribution in [0.3, 0.4) is 0 Å². The van der Waals surface area contributed by atoms with Gasteiger partial charge in [-0.3, -0.25) is 15.0 Å². The summed E-state index contributed by atoms with van der Waals surface area (Å²) in [5.74, 6) is -2.59. The number of aliphatic hydroxyl groups is 1. The summed E-state index contributed by atoms with van der Waals surface area (Å²) >= 11 is 0. The Hall–Kier alpha value is -3.68. The van der Waals surface area contributed by atoms with Crippen LogP contribution in [0.25, 0.3) is 11.3 Å². The maximum atomic E-state index is 13.3. The number of aliphatic hydroxyl groups excluding tert-OH is 1. The van der Waals surface area contributed by atoms with E-state index in [1.807, 2.05) is 0 Å². The molecule has 35 heavy (non-hydrogen) atoms. The largest absolute Gasteiger partial charge is 0.509 e. The Morgan fingerprint density at radius 3 is 2.37 bits per heavy atom. The highest BCUT2D eigenvalue weighted by Crippen LogP contribution is 2.44. The van der Waals surface area contributed by atoms with E-state index < -0.39 is 63.6 Å². The second-order valence-corrected chi connectivity index (χ2v) is 8.11. The van der Waals surface area contributed by atoms with Crippen molar-refractivity contribution in [2.75, 3.05) is 12.4 Å². The summed E-state index contributed by atoms with van der Waals surface area (Å²) in [5, 5.41) is 14.3. The number of halogens is 6. The van der Waals surface area contributed by atoms with E-state index in [1.165, 1.54) is 12.1 Å². The topological polar surface area (TPSA) is 107 Å². The van der Waals surface area contributed by atoms with Crippen molar-refractivity contribution in [2.24, 2.45) is 0 Å². The molecule has 186 valence electrons. The van der Waals surface area contributed by atoms with Gasteiger partial charge in [0.05, 0.1) is 22.5 Å². The van der Waals surface area contributed by atoms with E-state index in [0.717, 1.165) is 12.5 Å². The maximum absolute atomic E-state index is 13.3. The molecule has 2 amide bonds. The molecule has 2 aliphatic rings. The van der Waals surface area contributed by atoms with Gasteiger partial charge in [0.15, 0.2) is 0 Å².